The van der Waals surface area contributed by atoms with Gasteiger partial charge in [-0.05, 0) is 18.8 Å². The first-order valence-corrected chi connectivity index (χ1v) is 8.03. The Morgan fingerprint density at radius 2 is 1.74 bits per heavy atom. The van der Waals surface area contributed by atoms with Gasteiger partial charge in [-0.25, -0.2) is 18.0 Å². The van der Waals surface area contributed by atoms with E-state index in [0.29, 0.717) is 12.8 Å². The highest BCUT2D eigenvalue weighted by atomic mass is 32.2. The summed E-state index contributed by atoms with van der Waals surface area (Å²) in [5.41, 5.74) is 0. The van der Waals surface area contributed by atoms with Gasteiger partial charge in [0.25, 0.3) is 0 Å². The number of carbonyl (C=O) groups excluding carboxylic acids is 1. The third-order valence-electron chi connectivity index (χ3n) is 3.11. The van der Waals surface area contributed by atoms with Crippen molar-refractivity contribution in [3.63, 3.8) is 0 Å². The Bertz CT molecular complexity index is 432. The SMILES string of the molecule is CC(C)[C@H](NC(=O)NC1CCS(=O)(=O)CC1)C(=O)O. The second kappa shape index (κ2) is 6.23. The molecule has 0 aromatic rings. The molecule has 0 unspecified atom stereocenters. The van der Waals surface area contributed by atoms with Gasteiger partial charge in [-0.2, -0.15) is 0 Å². The molecule has 2 amide bonds. The number of rotatable bonds is 4. The molecule has 1 atom stereocenters. The lowest BCUT2D eigenvalue weighted by Crippen LogP contribution is -2.52. The Balaban J connectivity index is 2.45. The van der Waals surface area contributed by atoms with Gasteiger partial charge in [-0.3, -0.25) is 0 Å². The minimum atomic E-state index is -2.97. The van der Waals surface area contributed by atoms with Crippen LogP contribution in [0.2, 0.25) is 0 Å². The maximum Gasteiger partial charge on any atom is 0.326 e. The van der Waals surface area contributed by atoms with Crippen LogP contribution in [0.5, 0.6) is 0 Å². The van der Waals surface area contributed by atoms with E-state index in [2.05, 4.69) is 10.6 Å². The molecule has 1 fully saturated rings. The van der Waals surface area contributed by atoms with Crippen LogP contribution in [0.3, 0.4) is 0 Å². The second-order valence-corrected chi connectivity index (χ2v) is 7.41. The summed E-state index contributed by atoms with van der Waals surface area (Å²) in [6, 6.07) is -1.73. The van der Waals surface area contributed by atoms with Gasteiger partial charge >= 0.3 is 12.0 Å². The molecule has 19 heavy (non-hydrogen) atoms. The molecule has 0 spiro atoms. The summed E-state index contributed by atoms with van der Waals surface area (Å²) in [5, 5.41) is 13.9. The van der Waals surface area contributed by atoms with E-state index in [4.69, 9.17) is 5.11 Å². The van der Waals surface area contributed by atoms with Gasteiger partial charge in [-0.15, -0.1) is 0 Å². The van der Waals surface area contributed by atoms with Crippen molar-refractivity contribution in [3.05, 3.63) is 0 Å². The van der Waals surface area contributed by atoms with Crippen LogP contribution in [0, 0.1) is 5.92 Å². The summed E-state index contributed by atoms with van der Waals surface area (Å²) < 4.78 is 22.5. The largest absolute Gasteiger partial charge is 0.480 e. The standard InChI is InChI=1S/C11H20N2O5S/c1-7(2)9(10(14)15)13-11(16)12-8-3-5-19(17,18)6-4-8/h7-9H,3-6H2,1-2H3,(H,14,15)(H2,12,13,16)/t9-/m0/s1. The summed E-state index contributed by atoms with van der Waals surface area (Å²) >= 11 is 0. The molecule has 3 N–H and O–H groups in total. The minimum Gasteiger partial charge on any atom is -0.480 e. The van der Waals surface area contributed by atoms with Gasteiger partial charge < -0.3 is 15.7 Å². The lowest BCUT2D eigenvalue weighted by atomic mass is 10.1. The molecule has 1 aliphatic heterocycles. The van der Waals surface area contributed by atoms with Gasteiger partial charge in [-0.1, -0.05) is 13.8 Å². The predicted octanol–water partition coefficient (Wildman–Crippen LogP) is -0.0280. The Morgan fingerprint density at radius 3 is 2.16 bits per heavy atom. The first-order valence-electron chi connectivity index (χ1n) is 6.21. The molecule has 0 aliphatic carbocycles. The van der Waals surface area contributed by atoms with Crippen molar-refractivity contribution in [1.29, 1.82) is 0 Å². The Morgan fingerprint density at radius 1 is 1.21 bits per heavy atom. The first-order chi connectivity index (χ1) is 8.71. The molecule has 0 radical (unpaired) electrons. The number of sulfone groups is 1. The molecule has 1 saturated heterocycles. The normalized spacial score (nSPS) is 20.8. The highest BCUT2D eigenvalue weighted by Gasteiger charge is 2.27. The third kappa shape index (κ3) is 5.06. The molecule has 1 rings (SSSR count). The smallest absolute Gasteiger partial charge is 0.326 e. The number of carbonyl (C=O) groups is 2. The average Bonchev–Trinajstić information content (AvgIpc) is 2.28. The molecule has 0 saturated carbocycles. The second-order valence-electron chi connectivity index (χ2n) is 5.10. The summed E-state index contributed by atoms with van der Waals surface area (Å²) in [6.45, 7) is 3.40. The number of hydrogen-bond acceptors (Lipinski definition) is 4. The van der Waals surface area contributed by atoms with Crippen molar-refractivity contribution < 1.29 is 23.1 Å². The highest BCUT2D eigenvalue weighted by molar-refractivity contribution is 7.91. The van der Waals surface area contributed by atoms with E-state index in [9.17, 15) is 18.0 Å². The monoisotopic (exact) mass is 292 g/mol. The maximum absolute atomic E-state index is 11.7. The molecule has 7 nitrogen and oxygen atoms in total. The number of amides is 2. The van der Waals surface area contributed by atoms with Crippen molar-refractivity contribution in [2.75, 3.05) is 11.5 Å². The Kier molecular flexibility index (Phi) is 5.16. The van der Waals surface area contributed by atoms with E-state index < -0.39 is 27.9 Å². The minimum absolute atomic E-state index is 0.0600. The summed E-state index contributed by atoms with van der Waals surface area (Å²) in [7, 11) is -2.97. The molecule has 0 aromatic heterocycles. The average molecular weight is 292 g/mol. The Hall–Kier alpha value is -1.31. The number of hydrogen-bond donors (Lipinski definition) is 3. The number of nitrogens with one attached hydrogen (secondary N) is 2. The fourth-order valence-corrected chi connectivity index (χ4v) is 3.41. The summed E-state index contributed by atoms with van der Waals surface area (Å²) in [5.74, 6) is -1.19. The highest BCUT2D eigenvalue weighted by Crippen LogP contribution is 2.12. The number of urea groups is 1. The molecule has 1 heterocycles. The number of carboxylic acids is 1. The number of aliphatic carboxylic acids is 1. The van der Waals surface area contributed by atoms with Crippen LogP contribution in [0.15, 0.2) is 0 Å². The van der Waals surface area contributed by atoms with Crippen molar-refractivity contribution in [1.82, 2.24) is 10.6 Å². The van der Waals surface area contributed by atoms with Crippen molar-refractivity contribution in [2.24, 2.45) is 5.92 Å². The molecular formula is C11H20N2O5S. The lowest BCUT2D eigenvalue weighted by molar-refractivity contribution is -0.140. The molecular weight excluding hydrogens is 272 g/mol. The van der Waals surface area contributed by atoms with Crippen LogP contribution >= 0.6 is 0 Å². The van der Waals surface area contributed by atoms with E-state index in [1.165, 1.54) is 0 Å². The van der Waals surface area contributed by atoms with Crippen LogP contribution < -0.4 is 10.6 Å². The summed E-state index contributed by atoms with van der Waals surface area (Å²) in [6.07, 6.45) is 0.740. The van der Waals surface area contributed by atoms with E-state index in [1.54, 1.807) is 13.8 Å². The lowest BCUT2D eigenvalue weighted by Gasteiger charge is -2.25. The fraction of sp³-hybridized carbons (Fsp3) is 0.818. The topological polar surface area (TPSA) is 113 Å². The van der Waals surface area contributed by atoms with Crippen LogP contribution in [-0.4, -0.2) is 49.1 Å². The van der Waals surface area contributed by atoms with Crippen molar-refractivity contribution in [2.45, 2.75) is 38.8 Å². The molecule has 1 aliphatic rings. The van der Waals surface area contributed by atoms with Crippen LogP contribution in [0.25, 0.3) is 0 Å². The van der Waals surface area contributed by atoms with Crippen LogP contribution in [0.4, 0.5) is 4.79 Å². The van der Waals surface area contributed by atoms with Gasteiger partial charge in [0.1, 0.15) is 15.9 Å². The van der Waals surface area contributed by atoms with Crippen LogP contribution in [0.1, 0.15) is 26.7 Å². The van der Waals surface area contributed by atoms with E-state index in [0.717, 1.165) is 0 Å². The first kappa shape index (κ1) is 15.7. The van der Waals surface area contributed by atoms with Gasteiger partial charge in [0.2, 0.25) is 0 Å². The van der Waals surface area contributed by atoms with Crippen molar-refractivity contribution >= 4 is 21.8 Å². The van der Waals surface area contributed by atoms with Crippen molar-refractivity contribution in [3.8, 4) is 0 Å². The summed E-state index contributed by atoms with van der Waals surface area (Å²) in [4.78, 5) is 22.6. The fourth-order valence-electron chi connectivity index (χ4n) is 1.92. The van der Waals surface area contributed by atoms with Gasteiger partial charge in [0, 0.05) is 6.04 Å². The molecule has 110 valence electrons. The quantitative estimate of drug-likeness (QED) is 0.673. The third-order valence-corrected chi connectivity index (χ3v) is 4.82. The predicted molar refractivity (Wildman–Crippen MR) is 69.6 cm³/mol. The van der Waals surface area contributed by atoms with Gasteiger partial charge in [0.15, 0.2) is 0 Å². The van der Waals surface area contributed by atoms with E-state index in [1.807, 2.05) is 0 Å². The van der Waals surface area contributed by atoms with E-state index in [-0.39, 0.29) is 23.5 Å². The zero-order valence-electron chi connectivity index (χ0n) is 11.0. The van der Waals surface area contributed by atoms with Crippen LogP contribution in [-0.2, 0) is 14.6 Å². The maximum atomic E-state index is 11.7. The van der Waals surface area contributed by atoms with E-state index >= 15 is 0 Å². The van der Waals surface area contributed by atoms with Gasteiger partial charge in [0.05, 0.1) is 11.5 Å². The zero-order chi connectivity index (χ0) is 14.6. The molecule has 8 heteroatoms. The molecule has 0 aromatic carbocycles. The molecule has 0 bridgehead atoms. The zero-order valence-corrected chi connectivity index (χ0v) is 11.9. The Labute approximate surface area is 112 Å². The number of carboxylic acid groups (broad SMARTS) is 1.